The number of pyridine rings is 1. The first-order valence-electron chi connectivity index (χ1n) is 10.0. The van der Waals surface area contributed by atoms with Crippen LogP contribution in [0.5, 0.6) is 0 Å². The van der Waals surface area contributed by atoms with Gasteiger partial charge >= 0.3 is 0 Å². The number of anilines is 3. The number of piperazine rings is 1. The molecule has 0 N–H and O–H groups in total. The lowest BCUT2D eigenvalue weighted by atomic mass is 10.2. The third-order valence-electron chi connectivity index (χ3n) is 5.05. The number of hydrogen-bond acceptors (Lipinski definition) is 6. The van der Waals surface area contributed by atoms with Crippen LogP contribution in [0.2, 0.25) is 0 Å². The number of hydrogen-bond donors (Lipinski definition) is 0. The highest BCUT2D eigenvalue weighted by Gasteiger charge is 2.20. The van der Waals surface area contributed by atoms with Crippen molar-refractivity contribution in [2.75, 3.05) is 36.0 Å². The molecule has 0 aliphatic carbocycles. The van der Waals surface area contributed by atoms with Gasteiger partial charge in [-0.05, 0) is 30.3 Å². The van der Waals surface area contributed by atoms with Crippen molar-refractivity contribution < 1.29 is 9.59 Å². The summed E-state index contributed by atoms with van der Waals surface area (Å²) in [6.07, 6.45) is 6.83. The Morgan fingerprint density at radius 3 is 2.42 bits per heavy atom. The van der Waals surface area contributed by atoms with E-state index >= 15 is 0 Å². The zero-order valence-electron chi connectivity index (χ0n) is 17.2. The lowest BCUT2D eigenvalue weighted by Crippen LogP contribution is -2.48. The molecule has 158 valence electrons. The summed E-state index contributed by atoms with van der Waals surface area (Å²) in [5, 5.41) is 2.43. The first kappa shape index (κ1) is 20.7. The van der Waals surface area contributed by atoms with Crippen LogP contribution in [0.15, 0.2) is 66.3 Å². The summed E-state index contributed by atoms with van der Waals surface area (Å²) < 4.78 is 0. The second-order valence-electron chi connectivity index (χ2n) is 7.10. The van der Waals surface area contributed by atoms with Crippen LogP contribution in [0.25, 0.3) is 6.08 Å². The van der Waals surface area contributed by atoms with E-state index in [1.165, 1.54) is 18.3 Å². The van der Waals surface area contributed by atoms with E-state index in [9.17, 15) is 9.59 Å². The fourth-order valence-electron chi connectivity index (χ4n) is 3.46. The molecule has 1 aromatic carbocycles. The Kier molecular flexibility index (Phi) is 6.37. The molecule has 0 bridgehead atoms. The smallest absolute Gasteiger partial charge is 0.246 e. The average Bonchev–Trinajstić information content (AvgIpc) is 3.27. The summed E-state index contributed by atoms with van der Waals surface area (Å²) in [4.78, 5) is 39.0. The van der Waals surface area contributed by atoms with Crippen molar-refractivity contribution >= 4 is 45.7 Å². The van der Waals surface area contributed by atoms with Gasteiger partial charge in [0, 0.05) is 62.6 Å². The quantitative estimate of drug-likeness (QED) is 0.575. The Bertz CT molecular complexity index is 1060. The summed E-state index contributed by atoms with van der Waals surface area (Å²) in [5.74, 6) is -0.144. The molecular weight excluding hydrogens is 410 g/mol. The number of para-hydroxylation sites is 1. The minimum Gasteiger partial charge on any atom is -0.368 e. The van der Waals surface area contributed by atoms with Crippen LogP contribution in [-0.2, 0) is 9.59 Å². The Morgan fingerprint density at radius 1 is 1.03 bits per heavy atom. The number of thiazole rings is 1. The largest absolute Gasteiger partial charge is 0.368 e. The lowest BCUT2D eigenvalue weighted by molar-refractivity contribution is -0.126. The fraction of sp³-hybridized carbons (Fsp3) is 0.217. The van der Waals surface area contributed by atoms with E-state index in [-0.39, 0.29) is 11.8 Å². The molecule has 0 spiro atoms. The number of carbonyl (C=O) groups is 2. The third-order valence-corrected chi connectivity index (χ3v) is 5.89. The molecule has 0 saturated carbocycles. The van der Waals surface area contributed by atoms with Gasteiger partial charge in [0.25, 0.3) is 0 Å². The Morgan fingerprint density at radius 2 is 1.74 bits per heavy atom. The molecule has 1 saturated heterocycles. The van der Waals surface area contributed by atoms with E-state index in [1.807, 2.05) is 52.7 Å². The van der Waals surface area contributed by atoms with Crippen molar-refractivity contribution in [1.82, 2.24) is 14.9 Å². The van der Waals surface area contributed by atoms with Gasteiger partial charge in [0.05, 0.1) is 11.4 Å². The topological polar surface area (TPSA) is 69.6 Å². The molecule has 0 radical (unpaired) electrons. The van der Waals surface area contributed by atoms with Crippen LogP contribution < -0.4 is 9.80 Å². The molecular formula is C23H23N5O2S. The van der Waals surface area contributed by atoms with Gasteiger partial charge in [-0.3, -0.25) is 19.5 Å². The molecule has 3 heterocycles. The molecule has 31 heavy (non-hydrogen) atoms. The van der Waals surface area contributed by atoms with Gasteiger partial charge < -0.3 is 9.80 Å². The first-order valence-corrected chi connectivity index (χ1v) is 10.9. The van der Waals surface area contributed by atoms with E-state index in [1.54, 1.807) is 29.4 Å². The summed E-state index contributed by atoms with van der Waals surface area (Å²) in [5.41, 5.74) is 2.55. The van der Waals surface area contributed by atoms with Crippen molar-refractivity contribution in [2.24, 2.45) is 0 Å². The average molecular weight is 434 g/mol. The van der Waals surface area contributed by atoms with E-state index in [0.717, 1.165) is 24.5 Å². The van der Waals surface area contributed by atoms with Gasteiger partial charge in [-0.2, -0.15) is 0 Å². The number of rotatable bonds is 5. The van der Waals surface area contributed by atoms with Crippen LogP contribution in [0.1, 0.15) is 12.6 Å². The first-order chi connectivity index (χ1) is 15.1. The normalized spacial score (nSPS) is 14.1. The van der Waals surface area contributed by atoms with Crippen molar-refractivity contribution in [3.63, 3.8) is 0 Å². The van der Waals surface area contributed by atoms with Crippen LogP contribution >= 0.6 is 11.3 Å². The van der Waals surface area contributed by atoms with Crippen molar-refractivity contribution in [3.8, 4) is 0 Å². The fourth-order valence-corrected chi connectivity index (χ4v) is 4.32. The Labute approximate surface area is 185 Å². The predicted molar refractivity (Wildman–Crippen MR) is 123 cm³/mol. The van der Waals surface area contributed by atoms with Crippen molar-refractivity contribution in [1.29, 1.82) is 0 Å². The molecule has 4 rings (SSSR count). The zero-order valence-corrected chi connectivity index (χ0v) is 18.0. The molecule has 3 aromatic rings. The van der Waals surface area contributed by atoms with Crippen LogP contribution in [0.4, 0.5) is 16.5 Å². The maximum atomic E-state index is 12.6. The highest BCUT2D eigenvalue weighted by molar-refractivity contribution is 7.14. The SMILES string of the molecule is CC(=O)N(c1ccccc1)c1nc(/C=C/C(=O)N2CCN(c3ccncc3)CC2)cs1. The van der Waals surface area contributed by atoms with Gasteiger partial charge in [-0.25, -0.2) is 4.98 Å². The highest BCUT2D eigenvalue weighted by atomic mass is 32.1. The molecule has 7 nitrogen and oxygen atoms in total. The van der Waals surface area contributed by atoms with Gasteiger partial charge in [0.2, 0.25) is 11.8 Å². The minimum absolute atomic E-state index is 0.0320. The zero-order chi connectivity index (χ0) is 21.6. The van der Waals surface area contributed by atoms with Crippen LogP contribution in [0.3, 0.4) is 0 Å². The number of carbonyl (C=O) groups excluding carboxylic acids is 2. The Balaban J connectivity index is 1.38. The Hall–Kier alpha value is -3.52. The lowest BCUT2D eigenvalue weighted by Gasteiger charge is -2.35. The number of benzene rings is 1. The maximum absolute atomic E-state index is 12.6. The van der Waals surface area contributed by atoms with Gasteiger partial charge in [0.1, 0.15) is 0 Å². The van der Waals surface area contributed by atoms with E-state index in [0.29, 0.717) is 23.9 Å². The summed E-state index contributed by atoms with van der Waals surface area (Å²) in [7, 11) is 0. The second-order valence-corrected chi connectivity index (χ2v) is 7.93. The van der Waals surface area contributed by atoms with E-state index in [4.69, 9.17) is 0 Å². The van der Waals surface area contributed by atoms with E-state index < -0.39 is 0 Å². The van der Waals surface area contributed by atoms with E-state index in [2.05, 4.69) is 14.9 Å². The monoisotopic (exact) mass is 433 g/mol. The molecule has 0 unspecified atom stereocenters. The molecule has 1 fully saturated rings. The number of amides is 2. The number of nitrogens with zero attached hydrogens (tertiary/aromatic N) is 5. The van der Waals surface area contributed by atoms with Gasteiger partial charge in [-0.15, -0.1) is 11.3 Å². The van der Waals surface area contributed by atoms with Crippen molar-refractivity contribution in [3.05, 3.63) is 72.0 Å². The van der Waals surface area contributed by atoms with Gasteiger partial charge in [-0.1, -0.05) is 18.2 Å². The molecule has 8 heteroatoms. The van der Waals surface area contributed by atoms with Crippen molar-refractivity contribution in [2.45, 2.75) is 6.92 Å². The summed E-state index contributed by atoms with van der Waals surface area (Å²) in [6.45, 7) is 4.42. The molecule has 1 aliphatic rings. The van der Waals surface area contributed by atoms with Crippen LogP contribution in [0, 0.1) is 0 Å². The predicted octanol–water partition coefficient (Wildman–Crippen LogP) is 3.58. The highest BCUT2D eigenvalue weighted by Crippen LogP contribution is 2.29. The summed E-state index contributed by atoms with van der Waals surface area (Å²) >= 11 is 1.37. The molecule has 2 aromatic heterocycles. The molecule has 1 aliphatic heterocycles. The molecule has 2 amide bonds. The third kappa shape index (κ3) is 4.97. The minimum atomic E-state index is -0.112. The van der Waals surface area contributed by atoms with Crippen LogP contribution in [-0.4, -0.2) is 52.9 Å². The summed E-state index contributed by atoms with van der Waals surface area (Å²) in [6, 6.07) is 13.4. The second kappa shape index (κ2) is 9.53. The number of aromatic nitrogens is 2. The van der Waals surface area contributed by atoms with Gasteiger partial charge in [0.15, 0.2) is 5.13 Å². The standard InChI is InChI=1S/C23H23N5O2S/c1-18(29)28(21-5-3-2-4-6-21)23-25-19(17-31-23)7-8-22(30)27-15-13-26(14-16-27)20-9-11-24-12-10-20/h2-12,17H,13-16H2,1H3/b8-7+. The molecule has 0 atom stereocenters. The maximum Gasteiger partial charge on any atom is 0.246 e.